The Bertz CT molecular complexity index is 373. The number of nitrogens with one attached hydrogen (secondary N) is 1. The Kier molecular flexibility index (Phi) is 4.06. The normalized spacial score (nSPS) is 24.6. The molecule has 1 aromatic rings. The summed E-state index contributed by atoms with van der Waals surface area (Å²) >= 11 is 0. The van der Waals surface area contributed by atoms with Crippen LogP contribution in [0.5, 0.6) is 0 Å². The van der Waals surface area contributed by atoms with Gasteiger partial charge < -0.3 is 11.1 Å². The van der Waals surface area contributed by atoms with Gasteiger partial charge in [-0.15, -0.1) is 0 Å². The van der Waals surface area contributed by atoms with Gasteiger partial charge in [0.05, 0.1) is 0 Å². The Morgan fingerprint density at radius 1 is 1.35 bits per heavy atom. The van der Waals surface area contributed by atoms with Gasteiger partial charge in [0, 0.05) is 17.8 Å². The Morgan fingerprint density at radius 3 is 2.88 bits per heavy atom. The third-order valence-electron chi connectivity index (χ3n) is 3.82. The van der Waals surface area contributed by atoms with Crippen LogP contribution >= 0.6 is 0 Å². The number of rotatable bonds is 3. The minimum atomic E-state index is 0.386. The van der Waals surface area contributed by atoms with E-state index in [-0.39, 0.29) is 0 Å². The van der Waals surface area contributed by atoms with Gasteiger partial charge in [0.15, 0.2) is 0 Å². The molecule has 0 aliphatic heterocycles. The average molecular weight is 232 g/mol. The van der Waals surface area contributed by atoms with E-state index >= 15 is 0 Å². The molecule has 0 heterocycles. The highest BCUT2D eigenvalue weighted by molar-refractivity contribution is 5.49. The largest absolute Gasteiger partial charge is 0.382 e. The molecule has 1 saturated carbocycles. The van der Waals surface area contributed by atoms with Gasteiger partial charge >= 0.3 is 0 Å². The lowest BCUT2D eigenvalue weighted by molar-refractivity contribution is 0.409. The van der Waals surface area contributed by atoms with Gasteiger partial charge in [0.1, 0.15) is 0 Å². The van der Waals surface area contributed by atoms with Gasteiger partial charge in [-0.05, 0) is 62.3 Å². The second kappa shape index (κ2) is 5.54. The molecule has 0 bridgehead atoms. The molecule has 0 saturated heterocycles. The minimum Gasteiger partial charge on any atom is -0.382 e. The topological polar surface area (TPSA) is 38.0 Å². The molecule has 2 nitrogen and oxygen atoms in total. The van der Waals surface area contributed by atoms with E-state index in [9.17, 15) is 0 Å². The van der Waals surface area contributed by atoms with Crippen molar-refractivity contribution in [2.24, 2.45) is 5.73 Å². The molecule has 17 heavy (non-hydrogen) atoms. The lowest BCUT2D eigenvalue weighted by Gasteiger charge is -2.28. The molecule has 1 aliphatic rings. The first-order valence-electron chi connectivity index (χ1n) is 6.80. The first-order valence-corrected chi connectivity index (χ1v) is 6.80. The molecule has 2 rings (SSSR count). The third kappa shape index (κ3) is 3.22. The van der Waals surface area contributed by atoms with Gasteiger partial charge in [-0.25, -0.2) is 0 Å². The van der Waals surface area contributed by atoms with Crippen molar-refractivity contribution in [3.05, 3.63) is 29.3 Å². The molecule has 2 unspecified atom stereocenters. The van der Waals surface area contributed by atoms with Crippen LogP contribution in [0.25, 0.3) is 0 Å². The van der Waals surface area contributed by atoms with Crippen molar-refractivity contribution >= 4 is 5.69 Å². The number of aryl methyl sites for hydroxylation is 2. The first-order chi connectivity index (χ1) is 8.19. The average Bonchev–Trinajstić information content (AvgIpc) is 2.32. The summed E-state index contributed by atoms with van der Waals surface area (Å²) in [7, 11) is 0. The second-order valence-corrected chi connectivity index (χ2v) is 5.26. The van der Waals surface area contributed by atoms with E-state index in [1.807, 2.05) is 0 Å². The maximum Gasteiger partial charge on any atom is 0.0345 e. The van der Waals surface area contributed by atoms with Crippen LogP contribution in [0.4, 0.5) is 5.69 Å². The zero-order chi connectivity index (χ0) is 12.3. The van der Waals surface area contributed by atoms with Gasteiger partial charge in [-0.1, -0.05) is 13.0 Å². The molecule has 0 aromatic heterocycles. The predicted molar refractivity (Wildman–Crippen MR) is 74.4 cm³/mol. The number of benzene rings is 1. The monoisotopic (exact) mass is 232 g/mol. The molecule has 2 heteroatoms. The lowest BCUT2D eigenvalue weighted by atomic mass is 9.91. The Morgan fingerprint density at radius 2 is 2.18 bits per heavy atom. The molecular formula is C15H24N2. The summed E-state index contributed by atoms with van der Waals surface area (Å²) in [5, 5.41) is 3.63. The number of hydrogen-bond acceptors (Lipinski definition) is 2. The number of anilines is 1. The molecular weight excluding hydrogens is 208 g/mol. The molecule has 0 amide bonds. The Hall–Kier alpha value is -1.02. The Balaban J connectivity index is 2.02. The maximum atomic E-state index is 6.02. The molecule has 1 aliphatic carbocycles. The summed E-state index contributed by atoms with van der Waals surface area (Å²) in [6.45, 7) is 4.39. The van der Waals surface area contributed by atoms with E-state index in [1.54, 1.807) is 0 Å². The summed E-state index contributed by atoms with van der Waals surface area (Å²) in [5.41, 5.74) is 10.1. The van der Waals surface area contributed by atoms with Crippen LogP contribution in [-0.2, 0) is 6.42 Å². The van der Waals surface area contributed by atoms with Gasteiger partial charge in [-0.2, -0.15) is 0 Å². The zero-order valence-corrected chi connectivity index (χ0v) is 11.0. The Labute approximate surface area is 105 Å². The predicted octanol–water partition coefficient (Wildman–Crippen LogP) is 3.24. The van der Waals surface area contributed by atoms with E-state index in [0.717, 1.165) is 12.8 Å². The molecule has 3 N–H and O–H groups in total. The summed E-state index contributed by atoms with van der Waals surface area (Å²) in [6, 6.07) is 7.64. The van der Waals surface area contributed by atoms with Crippen molar-refractivity contribution in [2.45, 2.75) is 58.0 Å². The van der Waals surface area contributed by atoms with Crippen LogP contribution < -0.4 is 11.1 Å². The molecule has 1 aromatic carbocycles. The van der Waals surface area contributed by atoms with Crippen LogP contribution in [0.3, 0.4) is 0 Å². The van der Waals surface area contributed by atoms with E-state index in [2.05, 4.69) is 37.4 Å². The highest BCUT2D eigenvalue weighted by Gasteiger charge is 2.18. The number of nitrogens with two attached hydrogens (primary N) is 1. The minimum absolute atomic E-state index is 0.386. The van der Waals surface area contributed by atoms with E-state index in [1.165, 1.54) is 36.1 Å². The summed E-state index contributed by atoms with van der Waals surface area (Å²) < 4.78 is 0. The smallest absolute Gasteiger partial charge is 0.0345 e. The van der Waals surface area contributed by atoms with E-state index in [4.69, 9.17) is 5.73 Å². The molecule has 1 fully saturated rings. The molecule has 0 radical (unpaired) electrons. The van der Waals surface area contributed by atoms with Crippen molar-refractivity contribution in [1.82, 2.24) is 0 Å². The highest BCUT2D eigenvalue weighted by Crippen LogP contribution is 2.23. The van der Waals surface area contributed by atoms with Gasteiger partial charge in [-0.3, -0.25) is 0 Å². The van der Waals surface area contributed by atoms with E-state index < -0.39 is 0 Å². The fourth-order valence-corrected chi connectivity index (χ4v) is 2.74. The number of hydrogen-bond donors (Lipinski definition) is 2. The van der Waals surface area contributed by atoms with Gasteiger partial charge in [0.25, 0.3) is 0 Å². The van der Waals surface area contributed by atoms with Crippen molar-refractivity contribution in [3.63, 3.8) is 0 Å². The fraction of sp³-hybridized carbons (Fsp3) is 0.600. The SMILES string of the molecule is CCc1cc(NC2CCCC(N)C2)ccc1C. The van der Waals surface area contributed by atoms with Crippen LogP contribution in [0, 0.1) is 6.92 Å². The van der Waals surface area contributed by atoms with Crippen LogP contribution in [0.1, 0.15) is 43.7 Å². The molecule has 0 spiro atoms. The first kappa shape index (κ1) is 12.4. The summed E-state index contributed by atoms with van der Waals surface area (Å²) in [4.78, 5) is 0. The molecule has 2 atom stereocenters. The van der Waals surface area contributed by atoms with Crippen molar-refractivity contribution in [3.8, 4) is 0 Å². The van der Waals surface area contributed by atoms with Crippen molar-refractivity contribution in [2.75, 3.05) is 5.32 Å². The van der Waals surface area contributed by atoms with E-state index in [0.29, 0.717) is 12.1 Å². The van der Waals surface area contributed by atoms with Crippen molar-refractivity contribution in [1.29, 1.82) is 0 Å². The quantitative estimate of drug-likeness (QED) is 0.839. The van der Waals surface area contributed by atoms with Gasteiger partial charge in [0.2, 0.25) is 0 Å². The van der Waals surface area contributed by atoms with Crippen LogP contribution in [-0.4, -0.2) is 12.1 Å². The second-order valence-electron chi connectivity index (χ2n) is 5.26. The fourth-order valence-electron chi connectivity index (χ4n) is 2.74. The summed E-state index contributed by atoms with van der Waals surface area (Å²) in [5.74, 6) is 0. The molecule has 94 valence electrons. The third-order valence-corrected chi connectivity index (χ3v) is 3.82. The lowest BCUT2D eigenvalue weighted by Crippen LogP contribution is -2.34. The zero-order valence-electron chi connectivity index (χ0n) is 11.0. The summed E-state index contributed by atoms with van der Waals surface area (Å²) in [6.07, 6.45) is 5.90. The standard InChI is InChI=1S/C15H24N2/c1-3-12-9-15(8-7-11(12)2)17-14-6-4-5-13(16)10-14/h7-9,13-14,17H,3-6,10,16H2,1-2H3. The maximum absolute atomic E-state index is 6.02. The van der Waals surface area contributed by atoms with Crippen molar-refractivity contribution < 1.29 is 0 Å². The highest BCUT2D eigenvalue weighted by atomic mass is 14.9. The van der Waals surface area contributed by atoms with Crippen LogP contribution in [0.2, 0.25) is 0 Å². The van der Waals surface area contributed by atoms with Crippen LogP contribution in [0.15, 0.2) is 18.2 Å².